The van der Waals surface area contributed by atoms with Crippen molar-refractivity contribution in [2.45, 2.75) is 39.7 Å². The molecule has 0 spiro atoms. The fourth-order valence-corrected chi connectivity index (χ4v) is 1.67. The average Bonchev–Trinajstić information content (AvgIpc) is 2.29. The number of nitrogens with zero attached hydrogens (tertiary/aromatic N) is 1. The van der Waals surface area contributed by atoms with Crippen molar-refractivity contribution < 1.29 is 0 Å². The summed E-state index contributed by atoms with van der Waals surface area (Å²) in [6.45, 7) is 5.91. The number of hydrogen-bond donors (Lipinski definition) is 1. The van der Waals surface area contributed by atoms with Crippen molar-refractivity contribution >= 4 is 0 Å². The maximum Gasteiger partial charge on any atom is 0.0710 e. The summed E-state index contributed by atoms with van der Waals surface area (Å²) in [7, 11) is 0. The van der Waals surface area contributed by atoms with Crippen LogP contribution in [0.15, 0.2) is 24.3 Å². The van der Waals surface area contributed by atoms with Crippen molar-refractivity contribution in [3.63, 3.8) is 0 Å². The van der Waals surface area contributed by atoms with Crippen LogP contribution in [0.1, 0.15) is 44.4 Å². The van der Waals surface area contributed by atoms with Gasteiger partial charge in [-0.3, -0.25) is 0 Å². The molecule has 86 valence electrons. The number of nitrogens with two attached hydrogens (primary N) is 1. The Hall–Kier alpha value is -1.33. The van der Waals surface area contributed by atoms with E-state index in [0.29, 0.717) is 0 Å². The van der Waals surface area contributed by atoms with Crippen LogP contribution < -0.4 is 5.73 Å². The van der Waals surface area contributed by atoms with E-state index >= 15 is 0 Å². The largest absolute Gasteiger partial charge is 0.323 e. The Balaban J connectivity index is 2.86. The fraction of sp³-hybridized carbons (Fsp3) is 0.500. The molecule has 2 heteroatoms. The summed E-state index contributed by atoms with van der Waals surface area (Å²) in [4.78, 5) is 0. The Bertz CT molecular complexity index is 371. The lowest BCUT2D eigenvalue weighted by molar-refractivity contribution is 0.393. The van der Waals surface area contributed by atoms with Crippen LogP contribution in [-0.2, 0) is 6.42 Å². The lowest BCUT2D eigenvalue weighted by atomic mass is 9.82. The van der Waals surface area contributed by atoms with E-state index in [1.807, 2.05) is 26.0 Å². The lowest BCUT2D eigenvalue weighted by Gasteiger charge is -2.24. The summed E-state index contributed by atoms with van der Waals surface area (Å²) in [5.74, 6) is 0. The maximum absolute atomic E-state index is 9.03. The Morgan fingerprint density at radius 1 is 1.31 bits per heavy atom. The van der Waals surface area contributed by atoms with Gasteiger partial charge in [0, 0.05) is 6.04 Å². The predicted molar refractivity (Wildman–Crippen MR) is 66.8 cm³/mol. The molecule has 0 aromatic heterocycles. The molecule has 1 unspecified atom stereocenters. The van der Waals surface area contributed by atoms with Crippen LogP contribution in [0.3, 0.4) is 0 Å². The lowest BCUT2D eigenvalue weighted by Crippen LogP contribution is -2.27. The SMILES string of the molecule is CCCc1ccc(C(N)C(C)(C)C#N)cc1. The Kier molecular flexibility index (Phi) is 4.09. The third-order valence-electron chi connectivity index (χ3n) is 2.94. The van der Waals surface area contributed by atoms with Gasteiger partial charge in [0.05, 0.1) is 11.5 Å². The number of aryl methyl sites for hydroxylation is 1. The minimum absolute atomic E-state index is 0.229. The Morgan fingerprint density at radius 3 is 2.31 bits per heavy atom. The molecule has 0 aliphatic rings. The van der Waals surface area contributed by atoms with E-state index in [0.717, 1.165) is 18.4 Å². The summed E-state index contributed by atoms with van der Waals surface area (Å²) in [5, 5.41) is 9.03. The molecule has 16 heavy (non-hydrogen) atoms. The zero-order valence-corrected chi connectivity index (χ0v) is 10.3. The molecule has 1 aromatic carbocycles. The first-order valence-corrected chi connectivity index (χ1v) is 5.77. The van der Waals surface area contributed by atoms with E-state index in [9.17, 15) is 0 Å². The molecule has 1 rings (SSSR count). The molecule has 0 radical (unpaired) electrons. The summed E-state index contributed by atoms with van der Waals surface area (Å²) >= 11 is 0. The van der Waals surface area contributed by atoms with E-state index in [4.69, 9.17) is 11.0 Å². The second-order valence-corrected chi connectivity index (χ2v) is 4.80. The van der Waals surface area contributed by atoms with E-state index in [-0.39, 0.29) is 6.04 Å². The molecule has 0 saturated carbocycles. The molecular formula is C14H20N2. The predicted octanol–water partition coefficient (Wildman–Crippen LogP) is 3.19. The van der Waals surface area contributed by atoms with Crippen LogP contribution in [0.4, 0.5) is 0 Å². The van der Waals surface area contributed by atoms with Crippen molar-refractivity contribution in [2.24, 2.45) is 11.1 Å². The molecule has 2 N–H and O–H groups in total. The molecule has 2 nitrogen and oxygen atoms in total. The van der Waals surface area contributed by atoms with Gasteiger partial charge >= 0.3 is 0 Å². The second kappa shape index (κ2) is 5.14. The second-order valence-electron chi connectivity index (χ2n) is 4.80. The number of benzene rings is 1. The van der Waals surface area contributed by atoms with Gasteiger partial charge in [-0.25, -0.2) is 0 Å². The van der Waals surface area contributed by atoms with Crippen LogP contribution in [-0.4, -0.2) is 0 Å². The normalized spacial score (nSPS) is 13.2. The van der Waals surface area contributed by atoms with Gasteiger partial charge in [0.2, 0.25) is 0 Å². The topological polar surface area (TPSA) is 49.8 Å². The maximum atomic E-state index is 9.03. The highest BCUT2D eigenvalue weighted by Crippen LogP contribution is 2.30. The monoisotopic (exact) mass is 216 g/mol. The Labute approximate surface area is 98.1 Å². The first-order valence-electron chi connectivity index (χ1n) is 5.77. The minimum atomic E-state index is -0.522. The number of rotatable bonds is 4. The summed E-state index contributed by atoms with van der Waals surface area (Å²) in [6, 6.07) is 10.3. The zero-order valence-electron chi connectivity index (χ0n) is 10.3. The quantitative estimate of drug-likeness (QED) is 0.840. The van der Waals surface area contributed by atoms with Crippen LogP contribution >= 0.6 is 0 Å². The first kappa shape index (κ1) is 12.7. The van der Waals surface area contributed by atoms with Crippen LogP contribution in [0.5, 0.6) is 0 Å². The Morgan fingerprint density at radius 2 is 1.88 bits per heavy atom. The standard InChI is InChI=1S/C14H20N2/c1-4-5-11-6-8-12(9-7-11)13(16)14(2,3)10-15/h6-9,13H,4-5,16H2,1-3H3. The van der Waals surface area contributed by atoms with E-state index < -0.39 is 5.41 Å². The van der Waals surface area contributed by atoms with Crippen LogP contribution in [0.2, 0.25) is 0 Å². The van der Waals surface area contributed by atoms with Gasteiger partial charge in [-0.2, -0.15) is 5.26 Å². The highest BCUT2D eigenvalue weighted by atomic mass is 14.7. The highest BCUT2D eigenvalue weighted by Gasteiger charge is 2.27. The van der Waals surface area contributed by atoms with Gasteiger partial charge in [-0.1, -0.05) is 37.6 Å². The van der Waals surface area contributed by atoms with Crippen molar-refractivity contribution in [1.29, 1.82) is 5.26 Å². The van der Waals surface area contributed by atoms with Gasteiger partial charge in [0.25, 0.3) is 0 Å². The van der Waals surface area contributed by atoms with Gasteiger partial charge in [-0.05, 0) is 31.4 Å². The molecule has 0 aliphatic heterocycles. The summed E-state index contributed by atoms with van der Waals surface area (Å²) < 4.78 is 0. The molecule has 0 amide bonds. The zero-order chi connectivity index (χ0) is 12.2. The molecule has 1 atom stereocenters. The third kappa shape index (κ3) is 2.84. The van der Waals surface area contributed by atoms with Gasteiger partial charge < -0.3 is 5.73 Å². The molecule has 0 saturated heterocycles. The van der Waals surface area contributed by atoms with E-state index in [2.05, 4.69) is 25.1 Å². The fourth-order valence-electron chi connectivity index (χ4n) is 1.67. The average molecular weight is 216 g/mol. The smallest absolute Gasteiger partial charge is 0.0710 e. The van der Waals surface area contributed by atoms with Gasteiger partial charge in [0.1, 0.15) is 0 Å². The molecule has 0 heterocycles. The van der Waals surface area contributed by atoms with E-state index in [1.54, 1.807) is 0 Å². The first-order chi connectivity index (χ1) is 7.51. The van der Waals surface area contributed by atoms with Crippen molar-refractivity contribution in [3.05, 3.63) is 35.4 Å². The van der Waals surface area contributed by atoms with Gasteiger partial charge in [0.15, 0.2) is 0 Å². The number of hydrogen-bond acceptors (Lipinski definition) is 2. The summed E-state index contributed by atoms with van der Waals surface area (Å²) in [6.07, 6.45) is 2.24. The molecule has 0 fully saturated rings. The number of nitriles is 1. The van der Waals surface area contributed by atoms with Crippen molar-refractivity contribution in [2.75, 3.05) is 0 Å². The minimum Gasteiger partial charge on any atom is -0.323 e. The summed E-state index contributed by atoms with van der Waals surface area (Å²) in [5.41, 5.74) is 7.92. The molecular weight excluding hydrogens is 196 g/mol. The van der Waals surface area contributed by atoms with Crippen LogP contribution in [0.25, 0.3) is 0 Å². The third-order valence-corrected chi connectivity index (χ3v) is 2.94. The van der Waals surface area contributed by atoms with Crippen molar-refractivity contribution in [3.8, 4) is 6.07 Å². The molecule has 1 aromatic rings. The molecule has 0 bridgehead atoms. The van der Waals surface area contributed by atoms with Gasteiger partial charge in [-0.15, -0.1) is 0 Å². The molecule has 0 aliphatic carbocycles. The van der Waals surface area contributed by atoms with E-state index in [1.165, 1.54) is 5.56 Å². The highest BCUT2D eigenvalue weighted by molar-refractivity contribution is 5.27. The van der Waals surface area contributed by atoms with Crippen molar-refractivity contribution in [1.82, 2.24) is 0 Å². The van der Waals surface area contributed by atoms with Crippen LogP contribution in [0, 0.1) is 16.7 Å².